The quantitative estimate of drug-likeness (QED) is 0.893. The van der Waals surface area contributed by atoms with E-state index in [1.165, 1.54) is 0 Å². The molecule has 2 unspecified atom stereocenters. The number of rotatable bonds is 3. The number of fused-ring (bicyclic) bond motifs is 1. The highest BCUT2D eigenvalue weighted by Crippen LogP contribution is 2.30. The number of aromatic nitrogens is 2. The van der Waals surface area contributed by atoms with Gasteiger partial charge in [-0.15, -0.1) is 0 Å². The summed E-state index contributed by atoms with van der Waals surface area (Å²) in [4.78, 5) is 11.4. The topological polar surface area (TPSA) is 61.3 Å². The van der Waals surface area contributed by atoms with E-state index in [0.717, 1.165) is 36.2 Å². The fourth-order valence-corrected chi connectivity index (χ4v) is 2.79. The standard InChI is InChI=1S/C15H20N4O/c1-10(20)11-7-8-19(9-11)14-12-5-3-4-6-13(12)17-15(16-2)18-14/h3-6,10-11,20H,7-9H2,1-2H3,(H,16,17,18). The minimum atomic E-state index is -0.267. The second-order valence-electron chi connectivity index (χ2n) is 5.37. The molecule has 2 atom stereocenters. The van der Waals surface area contributed by atoms with Crippen molar-refractivity contribution in [2.24, 2.45) is 5.92 Å². The van der Waals surface area contributed by atoms with Crippen LogP contribution in [0.3, 0.4) is 0 Å². The molecule has 20 heavy (non-hydrogen) atoms. The van der Waals surface area contributed by atoms with Crippen LogP contribution >= 0.6 is 0 Å². The minimum absolute atomic E-state index is 0.267. The van der Waals surface area contributed by atoms with Gasteiger partial charge in [0.25, 0.3) is 0 Å². The Balaban J connectivity index is 2.02. The van der Waals surface area contributed by atoms with Crippen molar-refractivity contribution in [3.05, 3.63) is 24.3 Å². The van der Waals surface area contributed by atoms with Crippen LogP contribution in [0.15, 0.2) is 24.3 Å². The Morgan fingerprint density at radius 1 is 1.35 bits per heavy atom. The number of nitrogens with zero attached hydrogens (tertiary/aromatic N) is 3. The third kappa shape index (κ3) is 2.29. The number of aliphatic hydroxyl groups is 1. The highest BCUT2D eigenvalue weighted by atomic mass is 16.3. The zero-order valence-electron chi connectivity index (χ0n) is 11.9. The average Bonchev–Trinajstić information content (AvgIpc) is 2.96. The Morgan fingerprint density at radius 3 is 2.85 bits per heavy atom. The lowest BCUT2D eigenvalue weighted by atomic mass is 10.0. The summed E-state index contributed by atoms with van der Waals surface area (Å²) in [5.74, 6) is 1.92. The molecule has 0 radical (unpaired) electrons. The van der Waals surface area contributed by atoms with E-state index in [0.29, 0.717) is 11.9 Å². The van der Waals surface area contributed by atoms with Gasteiger partial charge in [-0.1, -0.05) is 12.1 Å². The van der Waals surface area contributed by atoms with Crippen molar-refractivity contribution >= 4 is 22.7 Å². The third-order valence-electron chi connectivity index (χ3n) is 4.01. The summed E-state index contributed by atoms with van der Waals surface area (Å²) in [6.45, 7) is 3.65. The number of nitrogens with one attached hydrogen (secondary N) is 1. The Hall–Kier alpha value is -1.88. The fourth-order valence-electron chi connectivity index (χ4n) is 2.79. The molecule has 2 heterocycles. The van der Waals surface area contributed by atoms with Crippen LogP contribution in [0.2, 0.25) is 0 Å². The van der Waals surface area contributed by atoms with Crippen LogP contribution in [-0.2, 0) is 0 Å². The van der Waals surface area contributed by atoms with Crippen molar-refractivity contribution in [3.8, 4) is 0 Å². The number of hydrogen-bond acceptors (Lipinski definition) is 5. The Labute approximate surface area is 118 Å². The molecule has 2 aromatic rings. The van der Waals surface area contributed by atoms with Crippen molar-refractivity contribution in [3.63, 3.8) is 0 Å². The van der Waals surface area contributed by atoms with Crippen molar-refractivity contribution in [2.45, 2.75) is 19.4 Å². The lowest BCUT2D eigenvalue weighted by molar-refractivity contribution is 0.136. The summed E-state index contributed by atoms with van der Waals surface area (Å²) in [5, 5.41) is 13.8. The van der Waals surface area contributed by atoms with Crippen molar-refractivity contribution in [1.82, 2.24) is 9.97 Å². The lowest BCUT2D eigenvalue weighted by Gasteiger charge is -2.20. The van der Waals surface area contributed by atoms with Gasteiger partial charge in [-0.3, -0.25) is 0 Å². The Morgan fingerprint density at radius 2 is 2.15 bits per heavy atom. The predicted molar refractivity (Wildman–Crippen MR) is 81.1 cm³/mol. The van der Waals surface area contributed by atoms with E-state index in [1.54, 1.807) is 0 Å². The van der Waals surface area contributed by atoms with Gasteiger partial charge in [-0.25, -0.2) is 4.98 Å². The van der Waals surface area contributed by atoms with E-state index in [-0.39, 0.29) is 6.10 Å². The molecule has 0 amide bonds. The summed E-state index contributed by atoms with van der Waals surface area (Å²) in [6, 6.07) is 8.06. The molecule has 0 aliphatic carbocycles. The monoisotopic (exact) mass is 272 g/mol. The van der Waals surface area contributed by atoms with Gasteiger partial charge >= 0.3 is 0 Å². The van der Waals surface area contributed by atoms with E-state index >= 15 is 0 Å². The third-order valence-corrected chi connectivity index (χ3v) is 4.01. The van der Waals surface area contributed by atoms with Crippen LogP contribution in [0, 0.1) is 5.92 Å². The zero-order chi connectivity index (χ0) is 14.1. The molecule has 0 saturated carbocycles. The van der Waals surface area contributed by atoms with E-state index in [9.17, 15) is 5.11 Å². The number of anilines is 2. The van der Waals surface area contributed by atoms with Gasteiger partial charge in [0.15, 0.2) is 0 Å². The molecular formula is C15H20N4O. The summed E-state index contributed by atoms with van der Waals surface area (Å²) >= 11 is 0. The maximum Gasteiger partial charge on any atom is 0.224 e. The fraction of sp³-hybridized carbons (Fsp3) is 0.467. The van der Waals surface area contributed by atoms with Crippen LogP contribution < -0.4 is 10.2 Å². The van der Waals surface area contributed by atoms with E-state index in [2.05, 4.69) is 26.3 Å². The van der Waals surface area contributed by atoms with Crippen molar-refractivity contribution in [2.75, 3.05) is 30.4 Å². The van der Waals surface area contributed by atoms with Gasteiger partial charge in [0, 0.05) is 31.4 Å². The first-order valence-electron chi connectivity index (χ1n) is 7.06. The second-order valence-corrected chi connectivity index (χ2v) is 5.37. The number of aliphatic hydroxyl groups excluding tert-OH is 1. The molecule has 1 aromatic carbocycles. The maximum atomic E-state index is 9.76. The van der Waals surface area contributed by atoms with Crippen LogP contribution in [-0.4, -0.2) is 41.3 Å². The number of para-hydroxylation sites is 1. The van der Waals surface area contributed by atoms with Gasteiger partial charge in [0.2, 0.25) is 5.95 Å². The molecule has 1 saturated heterocycles. The molecular weight excluding hydrogens is 252 g/mol. The highest BCUT2D eigenvalue weighted by molar-refractivity contribution is 5.90. The molecule has 1 aliphatic rings. The van der Waals surface area contributed by atoms with Crippen molar-refractivity contribution < 1.29 is 5.11 Å². The molecule has 1 fully saturated rings. The van der Waals surface area contributed by atoms with Gasteiger partial charge in [-0.05, 0) is 25.5 Å². The normalized spacial score (nSPS) is 20.4. The van der Waals surface area contributed by atoms with Crippen LogP contribution in [0.25, 0.3) is 10.9 Å². The average molecular weight is 272 g/mol. The van der Waals surface area contributed by atoms with Gasteiger partial charge in [0.1, 0.15) is 5.82 Å². The molecule has 1 aromatic heterocycles. The number of benzene rings is 1. The Bertz CT molecular complexity index is 614. The maximum absolute atomic E-state index is 9.76. The summed E-state index contributed by atoms with van der Waals surface area (Å²) < 4.78 is 0. The molecule has 0 bridgehead atoms. The van der Waals surface area contributed by atoms with Crippen LogP contribution in [0.5, 0.6) is 0 Å². The van der Waals surface area contributed by atoms with E-state index < -0.39 is 0 Å². The molecule has 2 N–H and O–H groups in total. The largest absolute Gasteiger partial charge is 0.393 e. The minimum Gasteiger partial charge on any atom is -0.393 e. The molecule has 5 nitrogen and oxygen atoms in total. The predicted octanol–water partition coefficient (Wildman–Crippen LogP) is 1.88. The van der Waals surface area contributed by atoms with Crippen LogP contribution in [0.1, 0.15) is 13.3 Å². The Kier molecular flexibility index (Phi) is 3.44. The highest BCUT2D eigenvalue weighted by Gasteiger charge is 2.28. The van der Waals surface area contributed by atoms with Crippen molar-refractivity contribution in [1.29, 1.82) is 0 Å². The van der Waals surface area contributed by atoms with E-state index in [4.69, 9.17) is 0 Å². The zero-order valence-corrected chi connectivity index (χ0v) is 11.9. The molecule has 1 aliphatic heterocycles. The van der Waals surface area contributed by atoms with Crippen LogP contribution in [0.4, 0.5) is 11.8 Å². The summed E-state index contributed by atoms with van der Waals surface area (Å²) in [5.41, 5.74) is 0.947. The first kappa shape index (κ1) is 13.1. The first-order valence-corrected chi connectivity index (χ1v) is 7.06. The lowest BCUT2D eigenvalue weighted by Crippen LogP contribution is -2.25. The smallest absolute Gasteiger partial charge is 0.224 e. The molecule has 0 spiro atoms. The summed E-state index contributed by atoms with van der Waals surface area (Å²) in [6.07, 6.45) is 0.738. The molecule has 5 heteroatoms. The number of hydrogen-bond donors (Lipinski definition) is 2. The van der Waals surface area contributed by atoms with Gasteiger partial charge in [0.05, 0.1) is 11.6 Å². The van der Waals surface area contributed by atoms with Gasteiger partial charge < -0.3 is 15.3 Å². The molecule has 106 valence electrons. The second kappa shape index (κ2) is 5.25. The first-order chi connectivity index (χ1) is 9.69. The van der Waals surface area contributed by atoms with Gasteiger partial charge in [-0.2, -0.15) is 4.98 Å². The molecule has 3 rings (SSSR count). The van der Waals surface area contributed by atoms with E-state index in [1.807, 2.05) is 32.2 Å². The SMILES string of the molecule is CNc1nc(N2CCC(C(C)O)C2)c2ccccc2n1. The summed E-state index contributed by atoms with van der Waals surface area (Å²) in [7, 11) is 1.83.